The van der Waals surface area contributed by atoms with Gasteiger partial charge in [0, 0.05) is 17.5 Å². The first kappa shape index (κ1) is 31.6. The quantitative estimate of drug-likeness (QED) is 0.175. The van der Waals surface area contributed by atoms with E-state index in [1.807, 2.05) is 44.2 Å². The minimum atomic E-state index is -4.59. The molecule has 0 unspecified atom stereocenters. The molecule has 45 heavy (non-hydrogen) atoms. The molecule has 5 rings (SSSR count). The molecule has 4 aromatic rings. The minimum Gasteiger partial charge on any atom is -0.497 e. The number of nitrogens with zero attached hydrogens (tertiary/aromatic N) is 1. The molecule has 1 fully saturated rings. The molecular weight excluding hydrogens is 583 g/mol. The fraction of sp³-hybridized carbons (Fsp3) is 0.278. The van der Waals surface area contributed by atoms with Crippen molar-refractivity contribution in [2.24, 2.45) is 0 Å². The number of ketones is 1. The third kappa shape index (κ3) is 6.38. The first-order valence-electron chi connectivity index (χ1n) is 14.6. The predicted molar refractivity (Wildman–Crippen MR) is 165 cm³/mol. The Hall–Kier alpha value is -4.79. The van der Waals surface area contributed by atoms with E-state index in [-0.39, 0.29) is 17.9 Å². The molecule has 6 nitrogen and oxygen atoms in total. The van der Waals surface area contributed by atoms with Gasteiger partial charge in [-0.3, -0.25) is 9.69 Å². The molecule has 1 aliphatic heterocycles. The highest BCUT2D eigenvalue weighted by Gasteiger charge is 2.40. The second-order valence-corrected chi connectivity index (χ2v) is 11.0. The van der Waals surface area contributed by atoms with Crippen molar-refractivity contribution in [3.05, 3.63) is 107 Å². The van der Waals surface area contributed by atoms with Crippen molar-refractivity contribution in [2.45, 2.75) is 52.1 Å². The third-order valence-electron chi connectivity index (χ3n) is 8.26. The van der Waals surface area contributed by atoms with Crippen molar-refractivity contribution in [2.75, 3.05) is 14.2 Å². The Morgan fingerprint density at radius 2 is 1.67 bits per heavy atom. The van der Waals surface area contributed by atoms with Crippen molar-refractivity contribution in [1.82, 2.24) is 4.90 Å². The second-order valence-electron chi connectivity index (χ2n) is 11.0. The number of ether oxygens (including phenoxy) is 3. The lowest BCUT2D eigenvalue weighted by molar-refractivity contribution is -0.137. The second kappa shape index (κ2) is 12.7. The summed E-state index contributed by atoms with van der Waals surface area (Å²) in [6.45, 7) is 5.40. The fourth-order valence-electron chi connectivity index (χ4n) is 5.78. The van der Waals surface area contributed by atoms with Gasteiger partial charge in [0.1, 0.15) is 17.6 Å². The molecule has 0 spiro atoms. The summed E-state index contributed by atoms with van der Waals surface area (Å²) >= 11 is 0. The number of cyclic esters (lactones) is 1. The van der Waals surface area contributed by atoms with Crippen LogP contribution < -0.4 is 9.47 Å². The van der Waals surface area contributed by atoms with Crippen LogP contribution in [0.25, 0.3) is 22.3 Å². The lowest BCUT2D eigenvalue weighted by Crippen LogP contribution is -2.31. The standard InChI is InChI=1S/C36H34F3NO5/c1-6-32(41)24-10-13-29(21(2)16-24)23-11-15-33(44-5)31(19-23)30-14-12-27(36(37,38)39)17-26(30)20-40-22(3)34(45-35(40)42)25-8-7-9-28(18-25)43-4/h7-19,22,34H,6,20H2,1-5H3/t22-,34-/m0/s1. The summed E-state index contributed by atoms with van der Waals surface area (Å²) in [5, 5.41) is 0. The van der Waals surface area contributed by atoms with Gasteiger partial charge in [0.15, 0.2) is 5.78 Å². The first-order valence-corrected chi connectivity index (χ1v) is 14.6. The summed E-state index contributed by atoms with van der Waals surface area (Å²) < 4.78 is 58.5. The summed E-state index contributed by atoms with van der Waals surface area (Å²) in [6, 6.07) is 21.2. The monoisotopic (exact) mass is 617 g/mol. The number of halogens is 3. The van der Waals surface area contributed by atoms with E-state index >= 15 is 0 Å². The van der Waals surface area contributed by atoms with E-state index in [1.165, 1.54) is 25.2 Å². The molecule has 1 saturated heterocycles. The normalized spacial score (nSPS) is 16.4. The number of amides is 1. The summed E-state index contributed by atoms with van der Waals surface area (Å²) in [5.74, 6) is 1.10. The summed E-state index contributed by atoms with van der Waals surface area (Å²) in [7, 11) is 3.04. The Bertz CT molecular complexity index is 1750. The number of methoxy groups -OCH3 is 2. The molecule has 1 aliphatic rings. The molecule has 1 amide bonds. The van der Waals surface area contributed by atoms with Crippen molar-refractivity contribution in [3.63, 3.8) is 0 Å². The van der Waals surface area contributed by atoms with Crippen molar-refractivity contribution < 1.29 is 37.0 Å². The van der Waals surface area contributed by atoms with Gasteiger partial charge in [-0.15, -0.1) is 0 Å². The van der Waals surface area contributed by atoms with Gasteiger partial charge in [-0.2, -0.15) is 13.2 Å². The third-order valence-corrected chi connectivity index (χ3v) is 8.26. The molecule has 0 saturated carbocycles. The van der Waals surface area contributed by atoms with Crippen LogP contribution in [0, 0.1) is 6.92 Å². The number of carbonyl (C=O) groups excluding carboxylic acids is 2. The van der Waals surface area contributed by atoms with Crippen molar-refractivity contribution in [1.29, 1.82) is 0 Å². The van der Waals surface area contributed by atoms with E-state index in [4.69, 9.17) is 14.2 Å². The number of aryl methyl sites for hydroxylation is 1. The van der Waals surface area contributed by atoms with Crippen LogP contribution in [-0.2, 0) is 17.5 Å². The first-order chi connectivity index (χ1) is 21.4. The van der Waals surface area contributed by atoms with Crippen LogP contribution in [0.3, 0.4) is 0 Å². The Labute approximate surface area is 260 Å². The van der Waals surface area contributed by atoms with E-state index in [1.54, 1.807) is 37.3 Å². The van der Waals surface area contributed by atoms with Gasteiger partial charge >= 0.3 is 12.3 Å². The van der Waals surface area contributed by atoms with Crippen molar-refractivity contribution in [3.8, 4) is 33.8 Å². The molecular formula is C36H34F3NO5. The van der Waals surface area contributed by atoms with Gasteiger partial charge in [0.2, 0.25) is 0 Å². The smallest absolute Gasteiger partial charge is 0.416 e. The van der Waals surface area contributed by atoms with Gasteiger partial charge in [-0.1, -0.05) is 43.3 Å². The van der Waals surface area contributed by atoms with Gasteiger partial charge in [0.05, 0.1) is 32.4 Å². The van der Waals surface area contributed by atoms with E-state index < -0.39 is 30.0 Å². The van der Waals surface area contributed by atoms with Crippen LogP contribution in [0.4, 0.5) is 18.0 Å². The number of alkyl halides is 3. The molecule has 0 aliphatic carbocycles. The lowest BCUT2D eigenvalue weighted by Gasteiger charge is -2.24. The predicted octanol–water partition coefficient (Wildman–Crippen LogP) is 9.04. The SMILES string of the molecule is CCC(=O)c1ccc(-c2ccc(OC)c(-c3ccc(C(F)(F)F)cc3CN3C(=O)O[C@H](c4cccc(OC)c4)[C@@H]3C)c2)c(C)c1. The summed E-state index contributed by atoms with van der Waals surface area (Å²) in [6.07, 6.45) is -5.46. The van der Waals surface area contributed by atoms with Crippen LogP contribution in [0.15, 0.2) is 78.9 Å². The lowest BCUT2D eigenvalue weighted by atomic mass is 9.91. The molecule has 9 heteroatoms. The highest BCUT2D eigenvalue weighted by atomic mass is 19.4. The minimum absolute atomic E-state index is 0.0396. The topological polar surface area (TPSA) is 65.1 Å². The molecule has 234 valence electrons. The molecule has 2 atom stereocenters. The van der Waals surface area contributed by atoms with Gasteiger partial charge in [-0.25, -0.2) is 4.79 Å². The van der Waals surface area contributed by atoms with E-state index in [0.29, 0.717) is 34.6 Å². The largest absolute Gasteiger partial charge is 0.497 e. The summed E-state index contributed by atoms with van der Waals surface area (Å²) in [5.41, 5.74) is 4.42. The van der Waals surface area contributed by atoms with E-state index in [2.05, 4.69) is 0 Å². The maximum atomic E-state index is 13.9. The molecule has 1 heterocycles. The number of hydrogen-bond acceptors (Lipinski definition) is 5. The highest BCUT2D eigenvalue weighted by molar-refractivity contribution is 5.96. The van der Waals surface area contributed by atoms with Crippen molar-refractivity contribution >= 4 is 11.9 Å². The van der Waals surface area contributed by atoms with Crippen LogP contribution in [0.1, 0.15) is 59.0 Å². The number of hydrogen-bond donors (Lipinski definition) is 0. The van der Waals surface area contributed by atoms with E-state index in [9.17, 15) is 22.8 Å². The van der Waals surface area contributed by atoms with Crippen LogP contribution in [0.2, 0.25) is 0 Å². The average molecular weight is 618 g/mol. The molecule has 0 N–H and O–H groups in total. The zero-order chi connectivity index (χ0) is 32.5. The molecule has 0 bridgehead atoms. The Balaban J connectivity index is 1.58. The number of benzene rings is 4. The average Bonchev–Trinajstić information content (AvgIpc) is 3.32. The Morgan fingerprint density at radius 3 is 2.33 bits per heavy atom. The Kier molecular flexibility index (Phi) is 8.91. The maximum Gasteiger partial charge on any atom is 0.416 e. The number of rotatable bonds is 9. The highest BCUT2D eigenvalue weighted by Crippen LogP contribution is 2.42. The zero-order valence-electron chi connectivity index (χ0n) is 25.7. The Morgan fingerprint density at radius 1 is 0.911 bits per heavy atom. The number of carbonyl (C=O) groups is 2. The molecule has 0 radical (unpaired) electrons. The van der Waals surface area contributed by atoms with Gasteiger partial charge < -0.3 is 14.2 Å². The van der Waals surface area contributed by atoms with Crippen LogP contribution in [-0.4, -0.2) is 37.0 Å². The summed E-state index contributed by atoms with van der Waals surface area (Å²) in [4.78, 5) is 26.8. The van der Waals surface area contributed by atoms with Gasteiger partial charge in [-0.05, 0) is 89.7 Å². The molecule has 0 aromatic heterocycles. The maximum absolute atomic E-state index is 13.9. The fourth-order valence-corrected chi connectivity index (χ4v) is 5.78. The van der Waals surface area contributed by atoms with E-state index in [0.717, 1.165) is 34.4 Å². The van der Waals surface area contributed by atoms with Crippen LogP contribution >= 0.6 is 0 Å². The number of Topliss-reactive ketones (excluding diaryl/α,β-unsaturated/α-hetero) is 1. The zero-order valence-corrected chi connectivity index (χ0v) is 25.7. The van der Waals surface area contributed by atoms with Crippen LogP contribution in [0.5, 0.6) is 11.5 Å². The van der Waals surface area contributed by atoms with Gasteiger partial charge in [0.25, 0.3) is 0 Å². The molecule has 4 aromatic carbocycles.